The summed E-state index contributed by atoms with van der Waals surface area (Å²) < 4.78 is 19.4. The molecule has 0 aliphatic heterocycles. The Kier molecular flexibility index (Phi) is 8.41. The van der Waals surface area contributed by atoms with Gasteiger partial charge in [-0.15, -0.1) is 0 Å². The molecule has 0 aliphatic rings. The first kappa shape index (κ1) is 25.4. The molecule has 0 heterocycles. The quantitative estimate of drug-likeness (QED) is 0.275. The van der Waals surface area contributed by atoms with E-state index in [-0.39, 0.29) is 22.8 Å². The van der Waals surface area contributed by atoms with Crippen molar-refractivity contribution >= 4 is 45.2 Å². The molecule has 1 unspecified atom stereocenters. The molecule has 2 amide bonds. The van der Waals surface area contributed by atoms with Crippen LogP contribution in [-0.4, -0.2) is 30.8 Å². The van der Waals surface area contributed by atoms with Gasteiger partial charge in [-0.05, 0) is 53.9 Å². The van der Waals surface area contributed by atoms with Crippen LogP contribution in [0.25, 0.3) is 11.1 Å². The molecule has 3 N–H and O–H groups in total. The van der Waals surface area contributed by atoms with E-state index in [0.29, 0.717) is 10.2 Å². The Labute approximate surface area is 210 Å². The van der Waals surface area contributed by atoms with Crippen molar-refractivity contribution < 1.29 is 18.7 Å². The van der Waals surface area contributed by atoms with Gasteiger partial charge in [0.05, 0.1) is 23.5 Å². The fraction of sp³-hybridized carbons (Fsp3) is 0.160. The maximum absolute atomic E-state index is 13.5. The second kappa shape index (κ2) is 11.3. The largest absolute Gasteiger partial charge is 0.496 e. The summed E-state index contributed by atoms with van der Waals surface area (Å²) in [6.45, 7) is 1.44. The molecule has 3 rings (SSSR count). The summed E-state index contributed by atoms with van der Waals surface area (Å²) >= 11 is 9.22. The average molecular weight is 547 g/mol. The van der Waals surface area contributed by atoms with E-state index in [1.165, 1.54) is 20.1 Å². The van der Waals surface area contributed by atoms with Gasteiger partial charge in [-0.2, -0.15) is 0 Å². The molecular formula is C25H22BrClFN3O3. The highest BCUT2D eigenvalue weighted by molar-refractivity contribution is 9.10. The number of benzene rings is 3. The zero-order valence-corrected chi connectivity index (χ0v) is 20.8. The van der Waals surface area contributed by atoms with Crippen molar-refractivity contribution in [1.29, 1.82) is 5.41 Å². The second-order valence-electron chi connectivity index (χ2n) is 7.51. The van der Waals surface area contributed by atoms with Crippen LogP contribution in [0.1, 0.15) is 22.8 Å². The van der Waals surface area contributed by atoms with Crippen molar-refractivity contribution in [2.75, 3.05) is 7.11 Å². The Morgan fingerprint density at radius 2 is 1.76 bits per heavy atom. The van der Waals surface area contributed by atoms with Gasteiger partial charge < -0.3 is 15.4 Å². The van der Waals surface area contributed by atoms with Gasteiger partial charge in [-0.25, -0.2) is 4.39 Å². The summed E-state index contributed by atoms with van der Waals surface area (Å²) in [7, 11) is 1.46. The number of methoxy groups -OCH3 is 1. The van der Waals surface area contributed by atoms with Gasteiger partial charge >= 0.3 is 0 Å². The normalized spacial score (nSPS) is 11.4. The first-order valence-electron chi connectivity index (χ1n) is 10.2. The van der Waals surface area contributed by atoms with Crippen LogP contribution in [0, 0.1) is 11.2 Å². The Bertz CT molecular complexity index is 1230. The molecule has 3 aromatic carbocycles. The number of carbonyl (C=O) groups is 2. The average Bonchev–Trinajstić information content (AvgIpc) is 2.80. The second-order valence-corrected chi connectivity index (χ2v) is 8.84. The Balaban J connectivity index is 1.83. The molecule has 176 valence electrons. The minimum Gasteiger partial charge on any atom is -0.496 e. The van der Waals surface area contributed by atoms with Crippen LogP contribution in [0.4, 0.5) is 4.39 Å². The Hall–Kier alpha value is -3.23. The summed E-state index contributed by atoms with van der Waals surface area (Å²) in [6.07, 6.45) is 0.186. The highest BCUT2D eigenvalue weighted by Crippen LogP contribution is 2.26. The van der Waals surface area contributed by atoms with E-state index in [1.54, 1.807) is 30.3 Å². The highest BCUT2D eigenvalue weighted by Gasteiger charge is 2.24. The van der Waals surface area contributed by atoms with E-state index in [0.717, 1.165) is 16.7 Å². The number of amidine groups is 1. The van der Waals surface area contributed by atoms with Gasteiger partial charge in [0.1, 0.15) is 17.6 Å². The Morgan fingerprint density at radius 3 is 2.38 bits per heavy atom. The molecule has 0 spiro atoms. The van der Waals surface area contributed by atoms with E-state index in [4.69, 9.17) is 21.7 Å². The lowest BCUT2D eigenvalue weighted by atomic mass is 10.00. The molecule has 3 aromatic rings. The summed E-state index contributed by atoms with van der Waals surface area (Å²) in [4.78, 5) is 25.7. The topological polar surface area (TPSA) is 91.3 Å². The van der Waals surface area contributed by atoms with Crippen molar-refractivity contribution in [2.24, 2.45) is 0 Å². The summed E-state index contributed by atoms with van der Waals surface area (Å²) in [5.41, 5.74) is 2.62. The zero-order valence-electron chi connectivity index (χ0n) is 18.4. The SMILES string of the molecule is COc1ccc(Br)cc1C(=O)NC(Cc1ccc(-c2ccc(F)c(Cl)c2)cc1)C(=O)NC(C)=N. The van der Waals surface area contributed by atoms with Gasteiger partial charge in [0, 0.05) is 10.9 Å². The van der Waals surface area contributed by atoms with Crippen LogP contribution in [0.2, 0.25) is 5.02 Å². The smallest absolute Gasteiger partial charge is 0.255 e. The van der Waals surface area contributed by atoms with Crippen molar-refractivity contribution in [3.8, 4) is 16.9 Å². The van der Waals surface area contributed by atoms with Crippen LogP contribution < -0.4 is 15.4 Å². The number of amides is 2. The van der Waals surface area contributed by atoms with Gasteiger partial charge in [0.25, 0.3) is 5.91 Å². The summed E-state index contributed by atoms with van der Waals surface area (Å²) in [5, 5.41) is 12.8. The van der Waals surface area contributed by atoms with Crippen molar-refractivity contribution in [1.82, 2.24) is 10.6 Å². The number of hydrogen-bond donors (Lipinski definition) is 3. The first-order chi connectivity index (χ1) is 16.2. The summed E-state index contributed by atoms with van der Waals surface area (Å²) in [5.74, 6) is -1.16. The van der Waals surface area contributed by atoms with Gasteiger partial charge in [-0.1, -0.05) is 57.9 Å². The molecule has 0 radical (unpaired) electrons. The minimum atomic E-state index is -0.942. The predicted molar refractivity (Wildman–Crippen MR) is 134 cm³/mol. The molecule has 0 fully saturated rings. The number of nitrogens with one attached hydrogen (secondary N) is 3. The predicted octanol–water partition coefficient (Wildman–Crippen LogP) is 5.37. The van der Waals surface area contributed by atoms with Crippen LogP contribution in [-0.2, 0) is 11.2 Å². The maximum Gasteiger partial charge on any atom is 0.255 e. The summed E-state index contributed by atoms with van der Waals surface area (Å²) in [6, 6.07) is 15.8. The molecule has 0 saturated heterocycles. The third kappa shape index (κ3) is 6.42. The lowest BCUT2D eigenvalue weighted by molar-refractivity contribution is -0.121. The molecule has 9 heteroatoms. The molecular weight excluding hydrogens is 525 g/mol. The molecule has 1 atom stereocenters. The maximum atomic E-state index is 13.5. The standard InChI is InChI=1S/C25H22BrClFN3O3/c1-14(29)30-25(33)22(31-24(32)19-13-18(26)8-10-23(19)34-2)11-15-3-5-16(6-4-15)17-7-9-21(28)20(27)12-17/h3-10,12-13,22H,11H2,1-2H3,(H,31,32)(H2,29,30,33). The lowest BCUT2D eigenvalue weighted by Crippen LogP contribution is -2.49. The molecule has 6 nitrogen and oxygen atoms in total. The zero-order chi connectivity index (χ0) is 24.8. The molecule has 0 bridgehead atoms. The van der Waals surface area contributed by atoms with Crippen LogP contribution in [0.5, 0.6) is 5.75 Å². The van der Waals surface area contributed by atoms with Crippen LogP contribution in [0.3, 0.4) is 0 Å². The van der Waals surface area contributed by atoms with Gasteiger partial charge in [0.2, 0.25) is 5.91 Å². The van der Waals surface area contributed by atoms with E-state index < -0.39 is 23.7 Å². The third-order valence-electron chi connectivity index (χ3n) is 4.99. The molecule has 0 saturated carbocycles. The molecule has 0 aromatic heterocycles. The van der Waals surface area contributed by atoms with Crippen molar-refractivity contribution in [2.45, 2.75) is 19.4 Å². The number of halogens is 3. The Morgan fingerprint density at radius 1 is 1.09 bits per heavy atom. The fourth-order valence-electron chi connectivity index (χ4n) is 3.32. The minimum absolute atomic E-state index is 0.0333. The van der Waals surface area contributed by atoms with E-state index >= 15 is 0 Å². The van der Waals surface area contributed by atoms with E-state index in [1.807, 2.05) is 24.3 Å². The van der Waals surface area contributed by atoms with Crippen LogP contribution in [0.15, 0.2) is 65.1 Å². The van der Waals surface area contributed by atoms with E-state index in [9.17, 15) is 14.0 Å². The number of rotatable bonds is 7. The lowest BCUT2D eigenvalue weighted by Gasteiger charge is -2.19. The van der Waals surface area contributed by atoms with E-state index in [2.05, 4.69) is 26.6 Å². The van der Waals surface area contributed by atoms with Gasteiger partial charge in [0.15, 0.2) is 0 Å². The van der Waals surface area contributed by atoms with Crippen LogP contribution >= 0.6 is 27.5 Å². The molecule has 34 heavy (non-hydrogen) atoms. The highest BCUT2D eigenvalue weighted by atomic mass is 79.9. The first-order valence-corrected chi connectivity index (χ1v) is 11.4. The molecule has 0 aliphatic carbocycles. The fourth-order valence-corrected chi connectivity index (χ4v) is 3.86. The monoisotopic (exact) mass is 545 g/mol. The van der Waals surface area contributed by atoms with Crippen molar-refractivity contribution in [3.63, 3.8) is 0 Å². The number of ether oxygens (including phenoxy) is 1. The number of carbonyl (C=O) groups excluding carboxylic acids is 2. The van der Waals surface area contributed by atoms with Crippen molar-refractivity contribution in [3.05, 3.63) is 87.1 Å². The third-order valence-corrected chi connectivity index (χ3v) is 5.77. The van der Waals surface area contributed by atoms with Gasteiger partial charge in [-0.3, -0.25) is 15.0 Å². The number of hydrogen-bond acceptors (Lipinski definition) is 4.